The van der Waals surface area contributed by atoms with E-state index in [1.807, 2.05) is 31.3 Å². The third kappa shape index (κ3) is 3.96. The molecular weight excluding hydrogens is 387 g/mol. The molecule has 20 heavy (non-hydrogen) atoms. The van der Waals surface area contributed by atoms with Crippen LogP contribution in [0.15, 0.2) is 24.4 Å². The van der Waals surface area contributed by atoms with Crippen molar-refractivity contribution in [2.75, 3.05) is 17.2 Å². The zero-order chi connectivity index (χ0) is 14.5. The first-order chi connectivity index (χ1) is 9.60. The quantitative estimate of drug-likeness (QED) is 0.717. The Morgan fingerprint density at radius 2 is 2.15 bits per heavy atom. The molecule has 0 saturated carbocycles. The van der Waals surface area contributed by atoms with Crippen molar-refractivity contribution in [3.05, 3.63) is 38.6 Å². The van der Waals surface area contributed by atoms with Crippen LogP contribution in [0.2, 0.25) is 5.02 Å². The number of aromatic nitrogens is 2. The highest BCUT2D eigenvalue weighted by Gasteiger charge is 2.06. The van der Waals surface area contributed by atoms with Crippen molar-refractivity contribution >= 4 is 51.6 Å². The van der Waals surface area contributed by atoms with Crippen molar-refractivity contribution < 1.29 is 0 Å². The van der Waals surface area contributed by atoms with Gasteiger partial charge in [0, 0.05) is 26.9 Å². The van der Waals surface area contributed by atoms with Crippen LogP contribution in [0.3, 0.4) is 0 Å². The number of hydrogen-bond donors (Lipinski definition) is 2. The Morgan fingerprint density at radius 3 is 2.85 bits per heavy atom. The van der Waals surface area contributed by atoms with Gasteiger partial charge in [-0.25, -0.2) is 4.98 Å². The van der Waals surface area contributed by atoms with Crippen LogP contribution in [0.5, 0.6) is 0 Å². The molecule has 0 saturated heterocycles. The van der Waals surface area contributed by atoms with Crippen molar-refractivity contribution in [3.63, 3.8) is 0 Å². The molecule has 0 bridgehead atoms. The minimum absolute atomic E-state index is 0.643. The smallest absolute Gasteiger partial charge is 0.224 e. The second-order valence-electron chi connectivity index (χ2n) is 4.40. The Kier molecular flexibility index (Phi) is 5.42. The predicted octanol–water partition coefficient (Wildman–Crippen LogP) is 4.61. The monoisotopic (exact) mass is 402 g/mol. The lowest BCUT2D eigenvalue weighted by atomic mass is 10.3. The van der Waals surface area contributed by atoms with Crippen LogP contribution in [-0.4, -0.2) is 16.5 Å². The van der Waals surface area contributed by atoms with Gasteiger partial charge in [0.1, 0.15) is 5.82 Å². The first kappa shape index (κ1) is 15.3. The lowest BCUT2D eigenvalue weighted by Gasteiger charge is -2.12. The Hall–Kier alpha value is -1.08. The van der Waals surface area contributed by atoms with E-state index in [9.17, 15) is 0 Å². The lowest BCUT2D eigenvalue weighted by molar-refractivity contribution is 0.950. The summed E-state index contributed by atoms with van der Waals surface area (Å²) in [7, 11) is 0. The van der Waals surface area contributed by atoms with Gasteiger partial charge in [0.15, 0.2) is 0 Å². The molecule has 0 aliphatic rings. The average Bonchev–Trinajstić information content (AvgIpc) is 2.42. The Morgan fingerprint density at radius 1 is 1.35 bits per heavy atom. The SMILES string of the molecule is CCCNc1ncc(C)c(Nc2ccc(Cl)cc2I)n1. The third-order valence-electron chi connectivity index (χ3n) is 2.69. The molecule has 0 atom stereocenters. The summed E-state index contributed by atoms with van der Waals surface area (Å²) in [6.07, 6.45) is 2.85. The fraction of sp³-hybridized carbons (Fsp3) is 0.286. The van der Waals surface area contributed by atoms with Crippen LogP contribution < -0.4 is 10.6 Å². The van der Waals surface area contributed by atoms with Gasteiger partial charge >= 0.3 is 0 Å². The summed E-state index contributed by atoms with van der Waals surface area (Å²) in [5.74, 6) is 1.45. The van der Waals surface area contributed by atoms with Crippen molar-refractivity contribution in [3.8, 4) is 0 Å². The van der Waals surface area contributed by atoms with Crippen molar-refractivity contribution in [2.24, 2.45) is 0 Å². The maximum absolute atomic E-state index is 5.97. The standard InChI is InChI=1S/C14H16ClIN4/c1-3-6-17-14-18-8-9(2)13(20-14)19-12-5-4-10(15)7-11(12)16/h4-5,7-8H,3,6H2,1-2H3,(H2,17,18,19,20). The second kappa shape index (κ2) is 7.08. The summed E-state index contributed by atoms with van der Waals surface area (Å²) in [5, 5.41) is 7.24. The van der Waals surface area contributed by atoms with Crippen LogP contribution in [-0.2, 0) is 0 Å². The summed E-state index contributed by atoms with van der Waals surface area (Å²) in [6, 6.07) is 5.72. The molecule has 0 aliphatic carbocycles. The number of hydrogen-bond acceptors (Lipinski definition) is 4. The van der Waals surface area contributed by atoms with Gasteiger partial charge in [0.25, 0.3) is 0 Å². The van der Waals surface area contributed by atoms with Gasteiger partial charge in [-0.3, -0.25) is 0 Å². The first-order valence-corrected chi connectivity index (χ1v) is 7.85. The Bertz CT molecular complexity index is 604. The van der Waals surface area contributed by atoms with Crippen LogP contribution in [0.1, 0.15) is 18.9 Å². The molecule has 1 aromatic heterocycles. The molecule has 6 heteroatoms. The summed E-state index contributed by atoms with van der Waals surface area (Å²) in [6.45, 7) is 4.95. The second-order valence-corrected chi connectivity index (χ2v) is 6.00. The van der Waals surface area contributed by atoms with E-state index in [2.05, 4.69) is 50.1 Å². The van der Waals surface area contributed by atoms with Gasteiger partial charge < -0.3 is 10.6 Å². The Balaban J connectivity index is 2.23. The van der Waals surface area contributed by atoms with E-state index in [1.165, 1.54) is 0 Å². The molecular formula is C14H16ClIN4. The number of anilines is 3. The van der Waals surface area contributed by atoms with Crippen molar-refractivity contribution in [1.82, 2.24) is 9.97 Å². The fourth-order valence-electron chi connectivity index (χ4n) is 1.61. The maximum Gasteiger partial charge on any atom is 0.224 e. The highest BCUT2D eigenvalue weighted by molar-refractivity contribution is 14.1. The fourth-order valence-corrected chi connectivity index (χ4v) is 2.62. The normalized spacial score (nSPS) is 10.4. The summed E-state index contributed by atoms with van der Waals surface area (Å²) in [5.41, 5.74) is 1.98. The molecule has 0 amide bonds. The number of benzene rings is 1. The summed E-state index contributed by atoms with van der Waals surface area (Å²) in [4.78, 5) is 8.77. The predicted molar refractivity (Wildman–Crippen MR) is 93.0 cm³/mol. The first-order valence-electron chi connectivity index (χ1n) is 6.39. The topological polar surface area (TPSA) is 49.8 Å². The number of aryl methyl sites for hydroxylation is 1. The van der Waals surface area contributed by atoms with Crippen molar-refractivity contribution in [2.45, 2.75) is 20.3 Å². The van der Waals surface area contributed by atoms with Gasteiger partial charge in [-0.1, -0.05) is 18.5 Å². The zero-order valence-corrected chi connectivity index (χ0v) is 14.3. The molecule has 2 rings (SSSR count). The molecule has 0 aliphatic heterocycles. The molecule has 1 heterocycles. The maximum atomic E-state index is 5.97. The molecule has 1 aromatic carbocycles. The zero-order valence-electron chi connectivity index (χ0n) is 11.4. The van der Waals surface area contributed by atoms with E-state index in [0.29, 0.717) is 5.95 Å². The lowest BCUT2D eigenvalue weighted by Crippen LogP contribution is -2.07. The highest BCUT2D eigenvalue weighted by atomic mass is 127. The molecule has 0 unspecified atom stereocenters. The van der Waals surface area contributed by atoms with Gasteiger partial charge in [0.05, 0.1) is 5.69 Å². The van der Waals surface area contributed by atoms with E-state index in [-0.39, 0.29) is 0 Å². The van der Waals surface area contributed by atoms with Gasteiger partial charge in [-0.15, -0.1) is 0 Å². The molecule has 2 aromatic rings. The number of halogens is 2. The minimum Gasteiger partial charge on any atom is -0.354 e. The molecule has 0 radical (unpaired) electrons. The number of nitrogens with one attached hydrogen (secondary N) is 2. The molecule has 4 nitrogen and oxygen atoms in total. The van der Waals surface area contributed by atoms with E-state index >= 15 is 0 Å². The van der Waals surface area contributed by atoms with E-state index in [1.54, 1.807) is 0 Å². The minimum atomic E-state index is 0.643. The largest absolute Gasteiger partial charge is 0.354 e. The molecule has 0 spiro atoms. The summed E-state index contributed by atoms with van der Waals surface area (Å²) < 4.78 is 1.05. The third-order valence-corrected chi connectivity index (χ3v) is 3.82. The van der Waals surface area contributed by atoms with E-state index < -0.39 is 0 Å². The number of rotatable bonds is 5. The van der Waals surface area contributed by atoms with Gasteiger partial charge in [-0.05, 0) is 54.1 Å². The Labute approximate surface area is 137 Å². The van der Waals surface area contributed by atoms with Crippen LogP contribution in [0.4, 0.5) is 17.5 Å². The highest BCUT2D eigenvalue weighted by Crippen LogP contribution is 2.26. The average molecular weight is 403 g/mol. The number of nitrogens with zero attached hydrogens (tertiary/aromatic N) is 2. The van der Waals surface area contributed by atoms with Crippen LogP contribution in [0.25, 0.3) is 0 Å². The van der Waals surface area contributed by atoms with E-state index in [0.717, 1.165) is 38.6 Å². The van der Waals surface area contributed by atoms with Crippen molar-refractivity contribution in [1.29, 1.82) is 0 Å². The summed E-state index contributed by atoms with van der Waals surface area (Å²) >= 11 is 8.22. The molecule has 2 N–H and O–H groups in total. The van der Waals surface area contributed by atoms with Crippen LogP contribution >= 0.6 is 34.2 Å². The van der Waals surface area contributed by atoms with Gasteiger partial charge in [-0.2, -0.15) is 4.98 Å². The molecule has 0 fully saturated rings. The van der Waals surface area contributed by atoms with Crippen LogP contribution in [0, 0.1) is 10.5 Å². The van der Waals surface area contributed by atoms with E-state index in [4.69, 9.17) is 11.6 Å². The molecule has 106 valence electrons. The van der Waals surface area contributed by atoms with Gasteiger partial charge in [0.2, 0.25) is 5.95 Å².